The second-order valence-electron chi connectivity index (χ2n) is 7.07. The highest BCUT2D eigenvalue weighted by atomic mass is 16.6. The molecule has 154 valence electrons. The van der Waals surface area contributed by atoms with Crippen molar-refractivity contribution in [3.05, 3.63) is 54.1 Å². The summed E-state index contributed by atoms with van der Waals surface area (Å²) in [6, 6.07) is 15.5. The zero-order chi connectivity index (χ0) is 20.5. The van der Waals surface area contributed by atoms with E-state index in [1.54, 1.807) is 13.1 Å². The van der Waals surface area contributed by atoms with Crippen LogP contribution in [0.2, 0.25) is 0 Å². The van der Waals surface area contributed by atoms with Crippen LogP contribution >= 0.6 is 0 Å². The number of anilines is 2. The van der Waals surface area contributed by atoms with Crippen LogP contribution in [0.5, 0.6) is 5.75 Å². The van der Waals surface area contributed by atoms with E-state index in [0.717, 1.165) is 30.1 Å². The van der Waals surface area contributed by atoms with Gasteiger partial charge in [-0.15, -0.1) is 0 Å². The van der Waals surface area contributed by atoms with Gasteiger partial charge in [0, 0.05) is 24.5 Å². The largest absolute Gasteiger partial charge is 0.494 e. The molecule has 1 fully saturated rings. The van der Waals surface area contributed by atoms with E-state index in [1.165, 1.54) is 24.9 Å². The van der Waals surface area contributed by atoms with Crippen molar-refractivity contribution in [1.29, 1.82) is 0 Å². The topological polar surface area (TPSA) is 63.2 Å². The average molecular weight is 396 g/mol. The molecule has 0 aromatic heterocycles. The molecule has 0 bridgehead atoms. The highest BCUT2D eigenvalue weighted by Crippen LogP contribution is 2.22. The number of carbonyl (C=O) groups is 1. The Hall–Kier alpha value is -3.02. The molecule has 0 aliphatic carbocycles. The van der Waals surface area contributed by atoms with Gasteiger partial charge in [0.15, 0.2) is 0 Å². The molecule has 1 amide bonds. The smallest absolute Gasteiger partial charge is 0.267 e. The zero-order valence-corrected chi connectivity index (χ0v) is 17.1. The summed E-state index contributed by atoms with van der Waals surface area (Å²) in [5.41, 5.74) is 2.82. The minimum absolute atomic E-state index is 0.237. The van der Waals surface area contributed by atoms with Crippen molar-refractivity contribution in [2.75, 3.05) is 29.9 Å². The van der Waals surface area contributed by atoms with Gasteiger partial charge in [-0.1, -0.05) is 5.16 Å². The van der Waals surface area contributed by atoms with E-state index in [-0.39, 0.29) is 5.91 Å². The molecule has 0 unspecified atom stereocenters. The lowest BCUT2D eigenvalue weighted by atomic mass is 10.1. The molecule has 6 heteroatoms. The molecule has 1 N–H and O–H groups in total. The first-order valence-electron chi connectivity index (χ1n) is 10.2. The van der Waals surface area contributed by atoms with Crippen molar-refractivity contribution in [3.8, 4) is 5.75 Å². The summed E-state index contributed by atoms with van der Waals surface area (Å²) in [6.07, 6.45) is 4.67. The number of hydrogen-bond acceptors (Lipinski definition) is 5. The van der Waals surface area contributed by atoms with Gasteiger partial charge in [-0.2, -0.15) is 0 Å². The number of benzene rings is 2. The number of amides is 1. The molecule has 3 rings (SSSR count). The van der Waals surface area contributed by atoms with Crippen molar-refractivity contribution in [1.82, 2.24) is 0 Å². The second kappa shape index (κ2) is 10.5. The van der Waals surface area contributed by atoms with Gasteiger partial charge in [-0.25, -0.2) is 0 Å². The summed E-state index contributed by atoms with van der Waals surface area (Å²) >= 11 is 0. The Morgan fingerprint density at radius 1 is 1.10 bits per heavy atom. The fourth-order valence-electron chi connectivity index (χ4n) is 3.20. The van der Waals surface area contributed by atoms with Gasteiger partial charge in [0.05, 0.1) is 12.8 Å². The maximum Gasteiger partial charge on any atom is 0.267 e. The lowest BCUT2D eigenvalue weighted by Crippen LogP contribution is -2.29. The number of rotatable bonds is 8. The molecule has 0 saturated carbocycles. The highest BCUT2D eigenvalue weighted by Gasteiger charge is 2.15. The number of oxime groups is 1. The third-order valence-electron chi connectivity index (χ3n) is 4.84. The zero-order valence-electron chi connectivity index (χ0n) is 17.1. The molecular weight excluding hydrogens is 366 g/mol. The summed E-state index contributed by atoms with van der Waals surface area (Å²) < 4.78 is 5.40. The Morgan fingerprint density at radius 2 is 1.79 bits per heavy atom. The fraction of sp³-hybridized carbons (Fsp3) is 0.391. The lowest BCUT2D eigenvalue weighted by molar-refractivity contribution is -0.126. The van der Waals surface area contributed by atoms with Gasteiger partial charge in [-0.3, -0.25) is 4.79 Å². The average Bonchev–Trinajstić information content (AvgIpc) is 2.76. The maximum absolute atomic E-state index is 12.3. The predicted octanol–water partition coefficient (Wildman–Crippen LogP) is 4.45. The van der Waals surface area contributed by atoms with Gasteiger partial charge in [-0.05, 0) is 87.2 Å². The van der Waals surface area contributed by atoms with Crippen molar-refractivity contribution in [2.45, 2.75) is 39.2 Å². The summed E-state index contributed by atoms with van der Waals surface area (Å²) in [7, 11) is 0. The van der Waals surface area contributed by atoms with Crippen LogP contribution in [0.25, 0.3) is 0 Å². The van der Waals surface area contributed by atoms with E-state index < -0.39 is 6.10 Å². The van der Waals surface area contributed by atoms with Crippen LogP contribution < -0.4 is 15.0 Å². The van der Waals surface area contributed by atoms with E-state index in [0.29, 0.717) is 6.61 Å². The van der Waals surface area contributed by atoms with Crippen LogP contribution in [0, 0.1) is 0 Å². The van der Waals surface area contributed by atoms with Gasteiger partial charge < -0.3 is 19.8 Å². The Bertz CT molecular complexity index is 797. The summed E-state index contributed by atoms with van der Waals surface area (Å²) in [4.78, 5) is 20.0. The Labute approximate surface area is 172 Å². The van der Waals surface area contributed by atoms with E-state index in [4.69, 9.17) is 9.57 Å². The Morgan fingerprint density at radius 3 is 2.45 bits per heavy atom. The standard InChI is InChI=1S/C23H29N3O3/c1-3-28-22-13-7-19(8-14-22)17-24-29-18(2)23(27)25-20-9-11-21(12-10-20)26-15-5-4-6-16-26/h7-14,17-18H,3-6,15-16H2,1-2H3,(H,25,27)/b24-17-/t18-/m1/s1. The summed E-state index contributed by atoms with van der Waals surface area (Å²) in [6.45, 7) is 6.45. The van der Waals surface area contributed by atoms with Gasteiger partial charge in [0.25, 0.3) is 5.91 Å². The molecule has 1 aliphatic heterocycles. The molecule has 0 spiro atoms. The first-order chi connectivity index (χ1) is 14.2. The minimum atomic E-state index is -0.698. The first kappa shape index (κ1) is 20.7. The second-order valence-corrected chi connectivity index (χ2v) is 7.07. The molecule has 1 aliphatic rings. The monoisotopic (exact) mass is 395 g/mol. The number of nitrogens with zero attached hydrogens (tertiary/aromatic N) is 2. The fourth-order valence-corrected chi connectivity index (χ4v) is 3.20. The molecule has 29 heavy (non-hydrogen) atoms. The molecular formula is C23H29N3O3. The Balaban J connectivity index is 1.47. The van der Waals surface area contributed by atoms with Gasteiger partial charge in [0.1, 0.15) is 5.75 Å². The molecule has 1 atom stereocenters. The molecule has 6 nitrogen and oxygen atoms in total. The van der Waals surface area contributed by atoms with Gasteiger partial charge in [0.2, 0.25) is 6.10 Å². The molecule has 0 radical (unpaired) electrons. The third-order valence-corrected chi connectivity index (χ3v) is 4.84. The van der Waals surface area contributed by atoms with Crippen LogP contribution in [0.3, 0.4) is 0 Å². The van der Waals surface area contributed by atoms with Crippen LogP contribution in [0.4, 0.5) is 11.4 Å². The van der Waals surface area contributed by atoms with Crippen molar-refractivity contribution < 1.29 is 14.4 Å². The molecule has 2 aromatic rings. The van der Waals surface area contributed by atoms with Crippen molar-refractivity contribution in [3.63, 3.8) is 0 Å². The quantitative estimate of drug-likeness (QED) is 0.530. The van der Waals surface area contributed by atoms with Crippen LogP contribution in [-0.4, -0.2) is 37.9 Å². The van der Waals surface area contributed by atoms with Crippen molar-refractivity contribution in [2.24, 2.45) is 5.16 Å². The van der Waals surface area contributed by atoms with E-state index >= 15 is 0 Å². The van der Waals surface area contributed by atoms with Crippen molar-refractivity contribution >= 4 is 23.5 Å². The Kier molecular flexibility index (Phi) is 7.50. The minimum Gasteiger partial charge on any atom is -0.494 e. The normalized spacial score (nSPS) is 15.2. The number of ether oxygens (including phenoxy) is 1. The predicted molar refractivity (Wildman–Crippen MR) is 117 cm³/mol. The van der Waals surface area contributed by atoms with Crippen LogP contribution in [0.1, 0.15) is 38.7 Å². The maximum atomic E-state index is 12.3. The number of carbonyl (C=O) groups excluding carboxylic acids is 1. The van der Waals surface area contributed by atoms with E-state index in [2.05, 4.69) is 27.5 Å². The number of nitrogens with one attached hydrogen (secondary N) is 1. The molecule has 1 saturated heterocycles. The number of hydrogen-bond donors (Lipinski definition) is 1. The van der Waals surface area contributed by atoms with E-state index in [1.807, 2.05) is 43.3 Å². The summed E-state index contributed by atoms with van der Waals surface area (Å²) in [5, 5.41) is 6.79. The molecule has 1 heterocycles. The highest BCUT2D eigenvalue weighted by molar-refractivity contribution is 5.94. The first-order valence-corrected chi connectivity index (χ1v) is 10.2. The van der Waals surface area contributed by atoms with Crippen LogP contribution in [-0.2, 0) is 9.63 Å². The summed E-state index contributed by atoms with van der Waals surface area (Å²) in [5.74, 6) is 0.573. The van der Waals surface area contributed by atoms with E-state index in [9.17, 15) is 4.79 Å². The number of piperidine rings is 1. The third kappa shape index (κ3) is 6.24. The lowest BCUT2D eigenvalue weighted by Gasteiger charge is -2.28. The van der Waals surface area contributed by atoms with Gasteiger partial charge >= 0.3 is 0 Å². The molecule has 2 aromatic carbocycles. The van der Waals surface area contributed by atoms with Crippen LogP contribution in [0.15, 0.2) is 53.7 Å². The SMILES string of the molecule is CCOc1ccc(/C=N\O[C@H](C)C(=O)Nc2ccc(N3CCCCC3)cc2)cc1.